The molecule has 0 aliphatic carbocycles. The van der Waals surface area contributed by atoms with Gasteiger partial charge in [0.05, 0.1) is 31.5 Å². The van der Waals surface area contributed by atoms with Gasteiger partial charge in [0.2, 0.25) is 0 Å². The summed E-state index contributed by atoms with van der Waals surface area (Å²) in [7, 11) is 1.55. The first-order valence-electron chi connectivity index (χ1n) is 5.70. The Kier molecular flexibility index (Phi) is 5.64. The molecule has 1 saturated heterocycles. The topological polar surface area (TPSA) is 68.2 Å². The number of hydrogen-bond acceptors (Lipinski definition) is 5. The Morgan fingerprint density at radius 3 is 2.44 bits per heavy atom. The molecule has 0 radical (unpaired) electrons. The molecule has 5 atom stereocenters. The lowest BCUT2D eigenvalue weighted by Crippen LogP contribution is -2.55. The van der Waals surface area contributed by atoms with Gasteiger partial charge in [0.15, 0.2) is 0 Å². The Balaban J connectivity index is 2.60. The SMILES string of the molecule is CCOCC1OC(C)C(O)C(COC)C1O. The molecule has 0 spiro atoms. The molecule has 0 amide bonds. The third-order valence-corrected chi connectivity index (χ3v) is 2.97. The van der Waals surface area contributed by atoms with Crippen molar-refractivity contribution in [3.8, 4) is 0 Å². The largest absolute Gasteiger partial charge is 0.390 e. The molecule has 1 fully saturated rings. The van der Waals surface area contributed by atoms with Gasteiger partial charge in [-0.05, 0) is 13.8 Å². The molecule has 1 aliphatic rings. The molecule has 2 N–H and O–H groups in total. The van der Waals surface area contributed by atoms with Crippen molar-refractivity contribution in [2.45, 2.75) is 38.3 Å². The highest BCUT2D eigenvalue weighted by Crippen LogP contribution is 2.26. The average Bonchev–Trinajstić information content (AvgIpc) is 2.27. The minimum atomic E-state index is -0.752. The van der Waals surface area contributed by atoms with Crippen LogP contribution in [0.25, 0.3) is 0 Å². The van der Waals surface area contributed by atoms with Crippen LogP contribution < -0.4 is 0 Å². The Labute approximate surface area is 96.3 Å². The fourth-order valence-corrected chi connectivity index (χ4v) is 2.02. The monoisotopic (exact) mass is 234 g/mol. The Morgan fingerprint density at radius 1 is 1.19 bits per heavy atom. The van der Waals surface area contributed by atoms with Crippen molar-refractivity contribution in [1.29, 1.82) is 0 Å². The van der Waals surface area contributed by atoms with E-state index in [1.807, 2.05) is 6.92 Å². The van der Waals surface area contributed by atoms with E-state index in [0.717, 1.165) is 0 Å². The van der Waals surface area contributed by atoms with Crippen molar-refractivity contribution in [2.75, 3.05) is 26.9 Å². The van der Waals surface area contributed by atoms with E-state index >= 15 is 0 Å². The van der Waals surface area contributed by atoms with Crippen molar-refractivity contribution < 1.29 is 24.4 Å². The van der Waals surface area contributed by atoms with Crippen molar-refractivity contribution >= 4 is 0 Å². The summed E-state index contributed by atoms with van der Waals surface area (Å²) in [5, 5.41) is 19.9. The minimum absolute atomic E-state index is 0.311. The lowest BCUT2D eigenvalue weighted by atomic mass is 9.87. The van der Waals surface area contributed by atoms with Crippen LogP contribution in [0.5, 0.6) is 0 Å². The standard InChI is InChI=1S/C11H22O5/c1-4-15-6-9-11(13)8(5-14-3)10(12)7(2)16-9/h7-13H,4-6H2,1-3H3. The highest BCUT2D eigenvalue weighted by molar-refractivity contribution is 4.90. The van der Waals surface area contributed by atoms with E-state index in [1.165, 1.54) is 0 Å². The van der Waals surface area contributed by atoms with E-state index in [0.29, 0.717) is 19.8 Å². The predicted molar refractivity (Wildman–Crippen MR) is 58.2 cm³/mol. The van der Waals surface area contributed by atoms with Gasteiger partial charge in [0.25, 0.3) is 0 Å². The normalized spacial score (nSPS) is 39.9. The molecule has 5 nitrogen and oxygen atoms in total. The maximum Gasteiger partial charge on any atom is 0.108 e. The summed E-state index contributed by atoms with van der Waals surface area (Å²) >= 11 is 0. The average molecular weight is 234 g/mol. The third-order valence-electron chi connectivity index (χ3n) is 2.97. The van der Waals surface area contributed by atoms with Crippen molar-refractivity contribution in [3.63, 3.8) is 0 Å². The van der Waals surface area contributed by atoms with Crippen molar-refractivity contribution in [1.82, 2.24) is 0 Å². The predicted octanol–water partition coefficient (Wildman–Crippen LogP) is -0.205. The van der Waals surface area contributed by atoms with Gasteiger partial charge in [0.1, 0.15) is 6.10 Å². The first-order chi connectivity index (χ1) is 7.61. The van der Waals surface area contributed by atoms with Gasteiger partial charge in [-0.2, -0.15) is 0 Å². The van der Waals surface area contributed by atoms with Crippen LogP contribution in [-0.2, 0) is 14.2 Å². The Morgan fingerprint density at radius 2 is 1.88 bits per heavy atom. The molecule has 16 heavy (non-hydrogen) atoms. The van der Waals surface area contributed by atoms with Gasteiger partial charge < -0.3 is 24.4 Å². The maximum atomic E-state index is 10.0. The lowest BCUT2D eigenvalue weighted by molar-refractivity contribution is -0.215. The van der Waals surface area contributed by atoms with E-state index in [-0.39, 0.29) is 12.0 Å². The number of hydrogen-bond donors (Lipinski definition) is 2. The summed E-state index contributed by atoms with van der Waals surface area (Å²) in [6.07, 6.45) is -2.15. The molecule has 0 saturated carbocycles. The van der Waals surface area contributed by atoms with Crippen LogP contribution in [0.15, 0.2) is 0 Å². The van der Waals surface area contributed by atoms with Gasteiger partial charge in [0, 0.05) is 19.6 Å². The minimum Gasteiger partial charge on any atom is -0.390 e. The van der Waals surface area contributed by atoms with Crippen molar-refractivity contribution in [2.24, 2.45) is 5.92 Å². The quantitative estimate of drug-likeness (QED) is 0.689. The van der Waals surface area contributed by atoms with Crippen LogP contribution in [-0.4, -0.2) is 61.6 Å². The molecule has 1 heterocycles. The number of aliphatic hydroxyl groups is 2. The zero-order valence-corrected chi connectivity index (χ0v) is 10.1. The second-order valence-electron chi connectivity index (χ2n) is 4.14. The van der Waals surface area contributed by atoms with Crippen LogP contribution in [0, 0.1) is 5.92 Å². The first-order valence-corrected chi connectivity index (χ1v) is 5.70. The van der Waals surface area contributed by atoms with E-state index in [1.54, 1.807) is 14.0 Å². The summed E-state index contributed by atoms with van der Waals surface area (Å²) in [6, 6.07) is 0. The summed E-state index contributed by atoms with van der Waals surface area (Å²) in [6.45, 7) is 4.92. The van der Waals surface area contributed by atoms with Crippen LogP contribution in [0.2, 0.25) is 0 Å². The molecular formula is C11H22O5. The third kappa shape index (κ3) is 3.15. The fourth-order valence-electron chi connectivity index (χ4n) is 2.02. The van der Waals surface area contributed by atoms with Gasteiger partial charge in [-0.15, -0.1) is 0 Å². The highest BCUT2D eigenvalue weighted by Gasteiger charge is 2.42. The Hall–Kier alpha value is -0.200. The zero-order chi connectivity index (χ0) is 12.1. The van der Waals surface area contributed by atoms with Gasteiger partial charge >= 0.3 is 0 Å². The van der Waals surface area contributed by atoms with E-state index in [2.05, 4.69) is 0 Å². The first kappa shape index (κ1) is 13.9. The van der Waals surface area contributed by atoms with Crippen molar-refractivity contribution in [3.05, 3.63) is 0 Å². The maximum absolute atomic E-state index is 10.0. The molecule has 5 heteroatoms. The molecule has 1 rings (SSSR count). The zero-order valence-electron chi connectivity index (χ0n) is 10.1. The molecular weight excluding hydrogens is 212 g/mol. The smallest absolute Gasteiger partial charge is 0.108 e. The molecule has 0 aromatic heterocycles. The van der Waals surface area contributed by atoms with E-state index in [4.69, 9.17) is 14.2 Å². The second kappa shape index (κ2) is 6.51. The number of methoxy groups -OCH3 is 1. The summed E-state index contributed by atoms with van der Waals surface area (Å²) in [4.78, 5) is 0. The number of ether oxygens (including phenoxy) is 3. The number of rotatable bonds is 5. The summed E-state index contributed by atoms with van der Waals surface area (Å²) < 4.78 is 15.8. The van der Waals surface area contributed by atoms with E-state index < -0.39 is 18.3 Å². The van der Waals surface area contributed by atoms with Gasteiger partial charge in [-0.1, -0.05) is 0 Å². The summed E-state index contributed by atoms with van der Waals surface area (Å²) in [5.74, 6) is -0.320. The highest BCUT2D eigenvalue weighted by atomic mass is 16.6. The molecule has 0 aromatic rings. The molecule has 0 aromatic carbocycles. The van der Waals surface area contributed by atoms with Crippen LogP contribution >= 0.6 is 0 Å². The molecule has 96 valence electrons. The van der Waals surface area contributed by atoms with Gasteiger partial charge in [-0.3, -0.25) is 0 Å². The van der Waals surface area contributed by atoms with Crippen LogP contribution in [0.1, 0.15) is 13.8 Å². The van der Waals surface area contributed by atoms with Gasteiger partial charge in [-0.25, -0.2) is 0 Å². The molecule has 1 aliphatic heterocycles. The van der Waals surface area contributed by atoms with E-state index in [9.17, 15) is 10.2 Å². The molecule has 0 bridgehead atoms. The van der Waals surface area contributed by atoms with Crippen LogP contribution in [0.4, 0.5) is 0 Å². The Bertz CT molecular complexity index is 199. The fraction of sp³-hybridized carbons (Fsp3) is 1.00. The van der Waals surface area contributed by atoms with Crippen LogP contribution in [0.3, 0.4) is 0 Å². The molecule has 5 unspecified atom stereocenters. The lowest BCUT2D eigenvalue weighted by Gasteiger charge is -2.41. The second-order valence-corrected chi connectivity index (χ2v) is 4.14. The summed E-state index contributed by atoms with van der Waals surface area (Å²) in [5.41, 5.74) is 0. The number of aliphatic hydroxyl groups excluding tert-OH is 2.